The molecule has 1 N–H and O–H groups in total. The van der Waals surface area contributed by atoms with Gasteiger partial charge in [0.25, 0.3) is 0 Å². The van der Waals surface area contributed by atoms with Crippen LogP contribution in [0.4, 0.5) is 4.79 Å². The van der Waals surface area contributed by atoms with Crippen LogP contribution in [0.2, 0.25) is 0 Å². The summed E-state index contributed by atoms with van der Waals surface area (Å²) in [5.41, 5.74) is -0.0853. The Morgan fingerprint density at radius 2 is 1.78 bits per heavy atom. The summed E-state index contributed by atoms with van der Waals surface area (Å²) in [6, 6.07) is 0. The fraction of sp³-hybridized carbons (Fsp3) is 0.846. The minimum Gasteiger partial charge on any atom is -0.464 e. The van der Waals surface area contributed by atoms with Crippen molar-refractivity contribution in [2.75, 3.05) is 19.8 Å². The van der Waals surface area contributed by atoms with E-state index in [1.807, 2.05) is 20.8 Å². The van der Waals surface area contributed by atoms with Crippen LogP contribution in [-0.2, 0) is 14.3 Å². The molecule has 0 radical (unpaired) electrons. The van der Waals surface area contributed by atoms with E-state index in [2.05, 4.69) is 12.2 Å². The Bertz CT molecular complexity index is 258. The summed E-state index contributed by atoms with van der Waals surface area (Å²) in [5.74, 6) is -0.432. The Morgan fingerprint density at radius 3 is 2.33 bits per heavy atom. The van der Waals surface area contributed by atoms with Gasteiger partial charge >= 0.3 is 12.1 Å². The van der Waals surface area contributed by atoms with Gasteiger partial charge in [-0.3, -0.25) is 4.79 Å². The molecule has 0 saturated carbocycles. The van der Waals surface area contributed by atoms with Crippen LogP contribution in [0.1, 0.15) is 47.0 Å². The highest BCUT2D eigenvalue weighted by molar-refractivity contribution is 5.77. The molecule has 5 nitrogen and oxygen atoms in total. The molecule has 0 saturated heterocycles. The summed E-state index contributed by atoms with van der Waals surface area (Å²) >= 11 is 0. The number of amides is 1. The minimum atomic E-state index is -0.588. The van der Waals surface area contributed by atoms with Crippen molar-refractivity contribution in [1.29, 1.82) is 0 Å². The predicted octanol–water partition coefficient (Wildman–Crippen LogP) is 2.49. The molecule has 0 aliphatic rings. The quantitative estimate of drug-likeness (QED) is 0.563. The Hall–Kier alpha value is -1.26. The van der Waals surface area contributed by atoms with Crippen molar-refractivity contribution < 1.29 is 19.1 Å². The van der Waals surface area contributed by atoms with Crippen LogP contribution in [0.3, 0.4) is 0 Å². The summed E-state index contributed by atoms with van der Waals surface area (Å²) in [7, 11) is 0. The first-order valence-corrected chi connectivity index (χ1v) is 6.41. The Labute approximate surface area is 109 Å². The third kappa shape index (κ3) is 11.2. The number of unbranched alkanes of at least 4 members (excludes halogenated alkanes) is 2. The number of esters is 1. The largest absolute Gasteiger partial charge is 0.464 e. The molecule has 0 spiro atoms. The van der Waals surface area contributed by atoms with E-state index in [0.717, 1.165) is 19.3 Å². The van der Waals surface area contributed by atoms with Crippen LogP contribution >= 0.6 is 0 Å². The van der Waals surface area contributed by atoms with E-state index in [4.69, 9.17) is 9.47 Å². The summed E-state index contributed by atoms with van der Waals surface area (Å²) in [6.45, 7) is 8.53. The topological polar surface area (TPSA) is 64.6 Å². The third-order valence-corrected chi connectivity index (χ3v) is 2.02. The minimum absolute atomic E-state index is 0.0853. The van der Waals surface area contributed by atoms with Crippen molar-refractivity contribution in [3.05, 3.63) is 0 Å². The van der Waals surface area contributed by atoms with Crippen LogP contribution < -0.4 is 5.32 Å². The molecule has 0 unspecified atom stereocenters. The summed E-state index contributed by atoms with van der Waals surface area (Å²) in [6.07, 6.45) is 2.38. The van der Waals surface area contributed by atoms with Gasteiger partial charge in [0.2, 0.25) is 0 Å². The van der Waals surface area contributed by atoms with Crippen LogP contribution in [0.5, 0.6) is 0 Å². The Kier molecular flexibility index (Phi) is 8.16. The summed E-state index contributed by atoms with van der Waals surface area (Å²) < 4.78 is 9.87. The van der Waals surface area contributed by atoms with Gasteiger partial charge in [-0.15, -0.1) is 0 Å². The summed E-state index contributed by atoms with van der Waals surface area (Å²) in [4.78, 5) is 22.4. The van der Waals surface area contributed by atoms with Gasteiger partial charge in [-0.25, -0.2) is 4.79 Å². The normalized spacial score (nSPS) is 10.9. The number of rotatable bonds is 7. The van der Waals surface area contributed by atoms with Crippen LogP contribution in [0.15, 0.2) is 0 Å². The lowest BCUT2D eigenvalue weighted by atomic mass is 9.99. The Balaban J connectivity index is 3.56. The zero-order valence-electron chi connectivity index (χ0n) is 11.9. The molecule has 0 aliphatic heterocycles. The van der Waals surface area contributed by atoms with E-state index in [0.29, 0.717) is 13.2 Å². The second-order valence-corrected chi connectivity index (χ2v) is 5.42. The maximum atomic E-state index is 11.2. The van der Waals surface area contributed by atoms with Crippen molar-refractivity contribution in [3.8, 4) is 0 Å². The molecule has 1 amide bonds. The molecule has 5 heteroatoms. The SMILES string of the molecule is CCCCCOC(=O)CNC(=O)OCC(C)(C)C. The zero-order chi connectivity index (χ0) is 14.0. The van der Waals surface area contributed by atoms with Gasteiger partial charge < -0.3 is 14.8 Å². The smallest absolute Gasteiger partial charge is 0.407 e. The molecule has 0 aliphatic carbocycles. The average molecular weight is 259 g/mol. The Morgan fingerprint density at radius 1 is 1.11 bits per heavy atom. The molecule has 0 bridgehead atoms. The number of carbonyl (C=O) groups is 2. The highest BCUT2D eigenvalue weighted by Gasteiger charge is 2.14. The molecular formula is C13H25NO4. The van der Waals surface area contributed by atoms with E-state index < -0.39 is 12.1 Å². The molecular weight excluding hydrogens is 234 g/mol. The van der Waals surface area contributed by atoms with Crippen LogP contribution in [-0.4, -0.2) is 31.8 Å². The fourth-order valence-corrected chi connectivity index (χ4v) is 1.07. The van der Waals surface area contributed by atoms with Gasteiger partial charge in [0.15, 0.2) is 0 Å². The lowest BCUT2D eigenvalue weighted by Gasteiger charge is -2.17. The summed E-state index contributed by atoms with van der Waals surface area (Å²) in [5, 5.41) is 2.36. The van der Waals surface area contributed by atoms with Gasteiger partial charge in [-0.1, -0.05) is 40.5 Å². The number of hydrogen-bond donors (Lipinski definition) is 1. The van der Waals surface area contributed by atoms with Crippen molar-refractivity contribution in [2.24, 2.45) is 5.41 Å². The molecule has 106 valence electrons. The van der Waals surface area contributed by atoms with Gasteiger partial charge in [-0.2, -0.15) is 0 Å². The van der Waals surface area contributed by atoms with E-state index in [1.165, 1.54) is 0 Å². The standard InChI is InChI=1S/C13H25NO4/c1-5-6-7-8-17-11(15)9-14-12(16)18-10-13(2,3)4/h5-10H2,1-4H3,(H,14,16). The molecule has 0 fully saturated rings. The van der Waals surface area contributed by atoms with E-state index in [9.17, 15) is 9.59 Å². The maximum absolute atomic E-state index is 11.2. The first kappa shape index (κ1) is 16.7. The molecule has 0 atom stereocenters. The predicted molar refractivity (Wildman–Crippen MR) is 69.3 cm³/mol. The number of nitrogens with one attached hydrogen (secondary N) is 1. The molecule has 0 aromatic heterocycles. The van der Waals surface area contributed by atoms with Gasteiger partial charge in [-0.05, 0) is 11.8 Å². The molecule has 0 rings (SSSR count). The molecule has 0 aromatic carbocycles. The second-order valence-electron chi connectivity index (χ2n) is 5.42. The molecule has 18 heavy (non-hydrogen) atoms. The van der Waals surface area contributed by atoms with Gasteiger partial charge in [0.05, 0.1) is 13.2 Å². The van der Waals surface area contributed by atoms with E-state index >= 15 is 0 Å². The second kappa shape index (κ2) is 8.78. The van der Waals surface area contributed by atoms with E-state index in [1.54, 1.807) is 0 Å². The molecule has 0 aromatic rings. The highest BCUT2D eigenvalue weighted by Crippen LogP contribution is 2.12. The lowest BCUT2D eigenvalue weighted by molar-refractivity contribution is -0.142. The maximum Gasteiger partial charge on any atom is 0.407 e. The van der Waals surface area contributed by atoms with Gasteiger partial charge in [0, 0.05) is 0 Å². The van der Waals surface area contributed by atoms with Crippen molar-refractivity contribution >= 4 is 12.1 Å². The zero-order valence-corrected chi connectivity index (χ0v) is 11.9. The first-order chi connectivity index (χ1) is 8.35. The first-order valence-electron chi connectivity index (χ1n) is 6.41. The molecule has 0 heterocycles. The van der Waals surface area contributed by atoms with Crippen LogP contribution in [0.25, 0.3) is 0 Å². The van der Waals surface area contributed by atoms with Crippen molar-refractivity contribution in [3.63, 3.8) is 0 Å². The van der Waals surface area contributed by atoms with Gasteiger partial charge in [0.1, 0.15) is 6.54 Å². The third-order valence-electron chi connectivity index (χ3n) is 2.02. The number of alkyl carbamates (subject to hydrolysis) is 1. The fourth-order valence-electron chi connectivity index (χ4n) is 1.07. The number of ether oxygens (including phenoxy) is 2. The number of hydrogen-bond acceptors (Lipinski definition) is 4. The van der Waals surface area contributed by atoms with Crippen molar-refractivity contribution in [1.82, 2.24) is 5.32 Å². The monoisotopic (exact) mass is 259 g/mol. The lowest BCUT2D eigenvalue weighted by Crippen LogP contribution is -2.33. The number of carbonyl (C=O) groups excluding carboxylic acids is 2. The highest BCUT2D eigenvalue weighted by atomic mass is 16.6. The average Bonchev–Trinajstić information content (AvgIpc) is 2.28. The van der Waals surface area contributed by atoms with Crippen molar-refractivity contribution in [2.45, 2.75) is 47.0 Å². The van der Waals surface area contributed by atoms with E-state index in [-0.39, 0.29) is 12.0 Å². The van der Waals surface area contributed by atoms with Crippen LogP contribution in [0, 0.1) is 5.41 Å².